The van der Waals surface area contributed by atoms with Crippen LogP contribution in [0.1, 0.15) is 0 Å². The summed E-state index contributed by atoms with van der Waals surface area (Å²) in [5, 5.41) is 8.42. The zero-order chi connectivity index (χ0) is 10.4. The van der Waals surface area contributed by atoms with E-state index >= 15 is 0 Å². The number of aromatic amines is 1. The van der Waals surface area contributed by atoms with Crippen molar-refractivity contribution in [1.29, 1.82) is 0 Å². The Morgan fingerprint density at radius 3 is 2.80 bits per heavy atom. The molecule has 2 aromatic heterocycles. The molecule has 2 heterocycles. The molecule has 74 valence electrons. The lowest BCUT2D eigenvalue weighted by molar-refractivity contribution is 1.02. The zero-order valence-corrected chi connectivity index (χ0v) is 9.15. The van der Waals surface area contributed by atoms with Crippen LogP contribution in [0.3, 0.4) is 0 Å². The molecular weight excluding hydrogens is 258 g/mol. The molecule has 0 saturated heterocycles. The summed E-state index contributed by atoms with van der Waals surface area (Å²) in [7, 11) is 0. The maximum Gasteiger partial charge on any atom is 0.347 e. The van der Waals surface area contributed by atoms with Crippen molar-refractivity contribution in [2.75, 3.05) is 0 Å². The second-order valence-electron chi connectivity index (χ2n) is 3.24. The van der Waals surface area contributed by atoms with Gasteiger partial charge in [0.15, 0.2) is 5.65 Å². The minimum absolute atomic E-state index is 0.226. The van der Waals surface area contributed by atoms with Gasteiger partial charge < -0.3 is 0 Å². The van der Waals surface area contributed by atoms with Gasteiger partial charge in [-0.1, -0.05) is 24.3 Å². The molecule has 3 rings (SSSR count). The maximum atomic E-state index is 11.4. The number of nitrogens with one attached hydrogen (secondary N) is 1. The second kappa shape index (κ2) is 2.93. The molecule has 0 spiro atoms. The summed E-state index contributed by atoms with van der Waals surface area (Å²) >= 11 is 3.44. The van der Waals surface area contributed by atoms with Crippen molar-refractivity contribution in [2.24, 2.45) is 0 Å². The Hall–Kier alpha value is -1.62. The summed E-state index contributed by atoms with van der Waals surface area (Å²) in [5.74, 6) is 0. The van der Waals surface area contributed by atoms with Gasteiger partial charge in [-0.25, -0.2) is 14.3 Å². The molecule has 1 aromatic carbocycles. The molecule has 0 fully saturated rings. The number of hydrogen-bond donors (Lipinski definition) is 1. The highest BCUT2D eigenvalue weighted by atomic mass is 79.9. The van der Waals surface area contributed by atoms with E-state index in [0.29, 0.717) is 5.65 Å². The van der Waals surface area contributed by atoms with Crippen LogP contribution in [-0.4, -0.2) is 14.6 Å². The molecule has 0 unspecified atom stereocenters. The van der Waals surface area contributed by atoms with Gasteiger partial charge in [0, 0.05) is 21.4 Å². The number of hydrogen-bond acceptors (Lipinski definition) is 2. The normalized spacial score (nSPS) is 11.3. The van der Waals surface area contributed by atoms with E-state index in [2.05, 4.69) is 26.1 Å². The number of rotatable bonds is 0. The van der Waals surface area contributed by atoms with E-state index in [9.17, 15) is 4.79 Å². The molecule has 0 bridgehead atoms. The minimum Gasteiger partial charge on any atom is -0.249 e. The van der Waals surface area contributed by atoms with Crippen molar-refractivity contribution in [1.82, 2.24) is 14.6 Å². The number of halogens is 1. The molecule has 1 N–H and O–H groups in total. The molecule has 0 aliphatic heterocycles. The van der Waals surface area contributed by atoms with Gasteiger partial charge in [0.1, 0.15) is 0 Å². The van der Waals surface area contributed by atoms with E-state index in [4.69, 9.17) is 0 Å². The lowest BCUT2D eigenvalue weighted by Gasteiger charge is -2.01. The van der Waals surface area contributed by atoms with Crippen LogP contribution in [0.25, 0.3) is 16.4 Å². The first kappa shape index (κ1) is 8.67. The van der Waals surface area contributed by atoms with Crippen molar-refractivity contribution >= 4 is 32.3 Å². The third kappa shape index (κ3) is 1.13. The monoisotopic (exact) mass is 263 g/mol. The van der Waals surface area contributed by atoms with Crippen LogP contribution in [0.2, 0.25) is 0 Å². The quantitative estimate of drug-likeness (QED) is 0.674. The van der Waals surface area contributed by atoms with Crippen LogP contribution in [0.15, 0.2) is 39.7 Å². The Balaban J connectivity index is 2.71. The van der Waals surface area contributed by atoms with E-state index in [0.717, 1.165) is 15.2 Å². The van der Waals surface area contributed by atoms with Crippen LogP contribution < -0.4 is 5.69 Å². The SMILES string of the molecule is O=c1[nH]nc2c3ccccc3c(Br)cn12. The molecule has 0 aliphatic carbocycles. The Labute approximate surface area is 92.7 Å². The molecule has 3 aromatic rings. The predicted octanol–water partition coefficient (Wildman–Crippen LogP) is 1.94. The first-order valence-corrected chi connectivity index (χ1v) is 5.20. The van der Waals surface area contributed by atoms with Crippen LogP contribution in [-0.2, 0) is 0 Å². The van der Waals surface area contributed by atoms with Gasteiger partial charge in [0.25, 0.3) is 0 Å². The summed E-state index contributed by atoms with van der Waals surface area (Å²) in [5.41, 5.74) is 0.426. The fraction of sp³-hybridized carbons (Fsp3) is 0. The van der Waals surface area contributed by atoms with Crippen molar-refractivity contribution in [3.63, 3.8) is 0 Å². The molecule has 15 heavy (non-hydrogen) atoms. The van der Waals surface area contributed by atoms with Gasteiger partial charge in [0.05, 0.1) is 0 Å². The molecule has 5 heteroatoms. The Bertz CT molecular complexity index is 713. The van der Waals surface area contributed by atoms with Crippen molar-refractivity contribution in [2.45, 2.75) is 0 Å². The molecule has 0 saturated carbocycles. The molecule has 0 radical (unpaired) electrons. The van der Waals surface area contributed by atoms with Crippen molar-refractivity contribution in [3.8, 4) is 0 Å². The van der Waals surface area contributed by atoms with Crippen molar-refractivity contribution < 1.29 is 0 Å². The van der Waals surface area contributed by atoms with Gasteiger partial charge in [-0.05, 0) is 15.9 Å². The Kier molecular flexibility index (Phi) is 1.70. The lowest BCUT2D eigenvalue weighted by Crippen LogP contribution is -2.08. The molecule has 0 atom stereocenters. The summed E-state index contributed by atoms with van der Waals surface area (Å²) in [6.07, 6.45) is 1.73. The molecular formula is C10H6BrN3O. The van der Waals surface area contributed by atoms with Crippen molar-refractivity contribution in [3.05, 3.63) is 45.4 Å². The summed E-state index contributed by atoms with van der Waals surface area (Å²) in [6.45, 7) is 0. The van der Waals surface area contributed by atoms with Gasteiger partial charge >= 0.3 is 5.69 Å². The summed E-state index contributed by atoms with van der Waals surface area (Å²) < 4.78 is 2.38. The predicted molar refractivity (Wildman–Crippen MR) is 61.0 cm³/mol. The van der Waals surface area contributed by atoms with Crippen LogP contribution in [0.4, 0.5) is 0 Å². The standard InChI is InChI=1S/C10H6BrN3O/c11-8-5-14-9(12-13-10(14)15)7-4-2-1-3-6(7)8/h1-5H,(H,13,15). The third-order valence-electron chi connectivity index (χ3n) is 2.37. The first-order chi connectivity index (χ1) is 7.27. The summed E-state index contributed by atoms with van der Waals surface area (Å²) in [6, 6.07) is 7.80. The van der Waals surface area contributed by atoms with E-state index in [1.54, 1.807) is 6.20 Å². The van der Waals surface area contributed by atoms with E-state index < -0.39 is 0 Å². The van der Waals surface area contributed by atoms with Crippen LogP contribution in [0.5, 0.6) is 0 Å². The first-order valence-electron chi connectivity index (χ1n) is 4.41. The topological polar surface area (TPSA) is 50.2 Å². The maximum absolute atomic E-state index is 11.4. The average Bonchev–Trinajstić information content (AvgIpc) is 2.62. The van der Waals surface area contributed by atoms with Crippen LogP contribution >= 0.6 is 15.9 Å². The highest BCUT2D eigenvalue weighted by Crippen LogP contribution is 2.25. The third-order valence-corrected chi connectivity index (χ3v) is 3.00. The number of fused-ring (bicyclic) bond motifs is 3. The number of benzene rings is 1. The molecule has 4 nitrogen and oxygen atoms in total. The van der Waals surface area contributed by atoms with Crippen LogP contribution in [0, 0.1) is 0 Å². The van der Waals surface area contributed by atoms with Gasteiger partial charge in [-0.3, -0.25) is 0 Å². The number of pyridine rings is 1. The molecule has 0 aliphatic rings. The van der Waals surface area contributed by atoms with Gasteiger partial charge in [-0.15, -0.1) is 0 Å². The Morgan fingerprint density at radius 1 is 1.27 bits per heavy atom. The number of nitrogens with zero attached hydrogens (tertiary/aromatic N) is 2. The van der Waals surface area contributed by atoms with Gasteiger partial charge in [0.2, 0.25) is 0 Å². The Morgan fingerprint density at radius 2 is 2.00 bits per heavy atom. The second-order valence-corrected chi connectivity index (χ2v) is 4.10. The number of aromatic nitrogens is 3. The largest absolute Gasteiger partial charge is 0.347 e. The lowest BCUT2D eigenvalue weighted by atomic mass is 10.2. The number of H-pyrrole nitrogens is 1. The smallest absolute Gasteiger partial charge is 0.249 e. The fourth-order valence-electron chi connectivity index (χ4n) is 1.68. The van der Waals surface area contributed by atoms with E-state index in [-0.39, 0.29) is 5.69 Å². The highest BCUT2D eigenvalue weighted by molar-refractivity contribution is 9.10. The fourth-order valence-corrected chi connectivity index (χ4v) is 2.23. The summed E-state index contributed by atoms with van der Waals surface area (Å²) in [4.78, 5) is 11.4. The zero-order valence-electron chi connectivity index (χ0n) is 7.57. The van der Waals surface area contributed by atoms with E-state index in [1.165, 1.54) is 4.40 Å². The minimum atomic E-state index is -0.226. The van der Waals surface area contributed by atoms with E-state index in [1.807, 2.05) is 24.3 Å². The average molecular weight is 264 g/mol. The van der Waals surface area contributed by atoms with Gasteiger partial charge in [-0.2, -0.15) is 5.10 Å². The highest BCUT2D eigenvalue weighted by Gasteiger charge is 2.07. The molecule has 0 amide bonds.